The zero-order valence-corrected chi connectivity index (χ0v) is 9.43. The molecule has 4 heteroatoms. The molecular formula is C12H16N4. The van der Waals surface area contributed by atoms with Crippen LogP contribution in [0.3, 0.4) is 0 Å². The van der Waals surface area contributed by atoms with Crippen molar-refractivity contribution in [3.8, 4) is 0 Å². The third-order valence-electron chi connectivity index (χ3n) is 2.94. The molecule has 2 aromatic heterocycles. The summed E-state index contributed by atoms with van der Waals surface area (Å²) in [5.41, 5.74) is 8.00. The molecule has 84 valence electrons. The van der Waals surface area contributed by atoms with Crippen molar-refractivity contribution in [2.45, 2.75) is 38.1 Å². The normalized spacial score (nSPS) is 17.9. The van der Waals surface area contributed by atoms with E-state index in [1.807, 2.05) is 23.7 Å². The van der Waals surface area contributed by atoms with Crippen LogP contribution in [0.15, 0.2) is 18.3 Å². The van der Waals surface area contributed by atoms with Crippen LogP contribution < -0.4 is 5.73 Å². The van der Waals surface area contributed by atoms with Gasteiger partial charge in [0.05, 0.1) is 0 Å². The minimum absolute atomic E-state index is 0.160. The van der Waals surface area contributed by atoms with Crippen molar-refractivity contribution in [3.63, 3.8) is 0 Å². The van der Waals surface area contributed by atoms with Gasteiger partial charge in [0.1, 0.15) is 0 Å². The molecule has 3 rings (SSSR count). The molecule has 1 unspecified atom stereocenters. The molecule has 0 radical (unpaired) electrons. The number of hydrogen-bond donors (Lipinski definition) is 1. The number of fused-ring (bicyclic) bond motifs is 1. The highest BCUT2D eigenvalue weighted by atomic mass is 15.3. The van der Waals surface area contributed by atoms with Crippen molar-refractivity contribution in [1.29, 1.82) is 0 Å². The average molecular weight is 216 g/mol. The number of nitrogens with two attached hydrogens (primary N) is 1. The van der Waals surface area contributed by atoms with Crippen LogP contribution >= 0.6 is 0 Å². The lowest BCUT2D eigenvalue weighted by molar-refractivity contribution is 0.736. The Kier molecular flexibility index (Phi) is 2.17. The standard InChI is InChI=1S/C12H16N4/c1-8(13)7-10-3-2-6-16-12(10)14-11(15-16)9-4-5-9/h2-3,6,8-9H,4-5,7,13H2,1H3. The maximum absolute atomic E-state index is 5.84. The van der Waals surface area contributed by atoms with Crippen LogP contribution in [0.2, 0.25) is 0 Å². The quantitative estimate of drug-likeness (QED) is 0.845. The first-order valence-electron chi connectivity index (χ1n) is 5.84. The third kappa shape index (κ3) is 1.69. The molecule has 2 N–H and O–H groups in total. The monoisotopic (exact) mass is 216 g/mol. The van der Waals surface area contributed by atoms with E-state index in [-0.39, 0.29) is 6.04 Å². The number of aromatic nitrogens is 3. The van der Waals surface area contributed by atoms with Crippen LogP contribution in [0.1, 0.15) is 37.1 Å². The topological polar surface area (TPSA) is 56.2 Å². The van der Waals surface area contributed by atoms with E-state index < -0.39 is 0 Å². The summed E-state index contributed by atoms with van der Waals surface area (Å²) in [6.45, 7) is 2.02. The van der Waals surface area contributed by atoms with Crippen molar-refractivity contribution in [3.05, 3.63) is 29.7 Å². The molecule has 0 bridgehead atoms. The predicted molar refractivity (Wildman–Crippen MR) is 62.3 cm³/mol. The van der Waals surface area contributed by atoms with E-state index in [0.717, 1.165) is 17.9 Å². The first-order valence-corrected chi connectivity index (χ1v) is 5.84. The number of pyridine rings is 1. The van der Waals surface area contributed by atoms with Crippen molar-refractivity contribution in [2.75, 3.05) is 0 Å². The zero-order valence-electron chi connectivity index (χ0n) is 9.43. The average Bonchev–Trinajstić information content (AvgIpc) is 2.98. The molecule has 1 saturated carbocycles. The lowest BCUT2D eigenvalue weighted by Crippen LogP contribution is -2.18. The fourth-order valence-corrected chi connectivity index (χ4v) is 2.00. The Morgan fingerprint density at radius 2 is 2.38 bits per heavy atom. The van der Waals surface area contributed by atoms with Gasteiger partial charge in [-0.1, -0.05) is 6.07 Å². The van der Waals surface area contributed by atoms with Gasteiger partial charge in [0.25, 0.3) is 0 Å². The molecule has 4 nitrogen and oxygen atoms in total. The van der Waals surface area contributed by atoms with E-state index >= 15 is 0 Å². The van der Waals surface area contributed by atoms with Crippen LogP contribution in [0.4, 0.5) is 0 Å². The van der Waals surface area contributed by atoms with E-state index in [2.05, 4.69) is 16.1 Å². The first-order chi connectivity index (χ1) is 7.74. The molecule has 0 saturated heterocycles. The highest BCUT2D eigenvalue weighted by Gasteiger charge is 2.28. The van der Waals surface area contributed by atoms with Gasteiger partial charge in [0.2, 0.25) is 0 Å². The van der Waals surface area contributed by atoms with Crippen LogP contribution in [0.5, 0.6) is 0 Å². The van der Waals surface area contributed by atoms with Crippen molar-refractivity contribution < 1.29 is 0 Å². The van der Waals surface area contributed by atoms with E-state index in [0.29, 0.717) is 5.92 Å². The lowest BCUT2D eigenvalue weighted by Gasteiger charge is -2.05. The summed E-state index contributed by atoms with van der Waals surface area (Å²) in [7, 11) is 0. The van der Waals surface area contributed by atoms with Gasteiger partial charge in [0.15, 0.2) is 11.5 Å². The first kappa shape index (κ1) is 9.78. The van der Waals surface area contributed by atoms with Gasteiger partial charge in [-0.2, -0.15) is 5.10 Å². The third-order valence-corrected chi connectivity index (χ3v) is 2.94. The van der Waals surface area contributed by atoms with Gasteiger partial charge in [-0.25, -0.2) is 9.50 Å². The second-order valence-corrected chi connectivity index (χ2v) is 4.73. The van der Waals surface area contributed by atoms with Crippen molar-refractivity contribution in [2.24, 2.45) is 5.73 Å². The van der Waals surface area contributed by atoms with E-state index in [1.54, 1.807) is 0 Å². The molecule has 0 amide bonds. The summed E-state index contributed by atoms with van der Waals surface area (Å²) in [6.07, 6.45) is 5.28. The Bertz CT molecular complexity index is 511. The van der Waals surface area contributed by atoms with Gasteiger partial charge in [-0.15, -0.1) is 0 Å². The Balaban J connectivity index is 2.06. The van der Waals surface area contributed by atoms with E-state index in [1.165, 1.54) is 18.4 Å². The Morgan fingerprint density at radius 1 is 1.56 bits per heavy atom. The zero-order chi connectivity index (χ0) is 11.1. The minimum Gasteiger partial charge on any atom is -0.328 e. The molecule has 0 aromatic carbocycles. The maximum atomic E-state index is 5.84. The number of rotatable bonds is 3. The number of nitrogens with zero attached hydrogens (tertiary/aromatic N) is 3. The molecule has 1 aliphatic rings. The maximum Gasteiger partial charge on any atom is 0.158 e. The second-order valence-electron chi connectivity index (χ2n) is 4.73. The minimum atomic E-state index is 0.160. The molecule has 0 aliphatic heterocycles. The highest BCUT2D eigenvalue weighted by molar-refractivity contribution is 5.47. The van der Waals surface area contributed by atoms with Gasteiger partial charge < -0.3 is 5.73 Å². The summed E-state index contributed by atoms with van der Waals surface area (Å²) in [6, 6.07) is 4.26. The summed E-state index contributed by atoms with van der Waals surface area (Å²) in [4.78, 5) is 4.62. The smallest absolute Gasteiger partial charge is 0.158 e. The van der Waals surface area contributed by atoms with Crippen LogP contribution in [0, 0.1) is 0 Å². The van der Waals surface area contributed by atoms with E-state index in [9.17, 15) is 0 Å². The number of hydrogen-bond acceptors (Lipinski definition) is 3. The fourth-order valence-electron chi connectivity index (χ4n) is 2.00. The van der Waals surface area contributed by atoms with Crippen LogP contribution in [-0.4, -0.2) is 20.6 Å². The predicted octanol–water partition coefficient (Wildman–Crippen LogP) is 1.50. The van der Waals surface area contributed by atoms with Gasteiger partial charge in [0, 0.05) is 18.2 Å². The molecular weight excluding hydrogens is 200 g/mol. The highest BCUT2D eigenvalue weighted by Crippen LogP contribution is 2.38. The molecule has 1 fully saturated rings. The van der Waals surface area contributed by atoms with Gasteiger partial charge >= 0.3 is 0 Å². The van der Waals surface area contributed by atoms with Crippen LogP contribution in [0.25, 0.3) is 5.65 Å². The fraction of sp³-hybridized carbons (Fsp3) is 0.500. The Labute approximate surface area is 94.5 Å². The van der Waals surface area contributed by atoms with Gasteiger partial charge in [-0.3, -0.25) is 0 Å². The summed E-state index contributed by atoms with van der Waals surface area (Å²) < 4.78 is 1.88. The lowest BCUT2D eigenvalue weighted by atomic mass is 10.1. The SMILES string of the molecule is CC(N)Cc1cccn2nc(C3CC3)nc12. The Hall–Kier alpha value is -1.42. The van der Waals surface area contributed by atoms with Crippen LogP contribution in [-0.2, 0) is 6.42 Å². The largest absolute Gasteiger partial charge is 0.328 e. The molecule has 0 spiro atoms. The van der Waals surface area contributed by atoms with Crippen molar-refractivity contribution in [1.82, 2.24) is 14.6 Å². The molecule has 2 aromatic rings. The molecule has 16 heavy (non-hydrogen) atoms. The summed E-state index contributed by atoms with van der Waals surface area (Å²) >= 11 is 0. The Morgan fingerprint density at radius 3 is 3.06 bits per heavy atom. The second kappa shape index (κ2) is 3.56. The summed E-state index contributed by atoms with van der Waals surface area (Å²) in [5, 5.41) is 4.51. The van der Waals surface area contributed by atoms with Crippen molar-refractivity contribution >= 4 is 5.65 Å². The van der Waals surface area contributed by atoms with Gasteiger partial charge in [-0.05, 0) is 37.8 Å². The summed E-state index contributed by atoms with van der Waals surface area (Å²) in [5.74, 6) is 1.60. The molecule has 2 heterocycles. The molecule has 1 aliphatic carbocycles. The van der Waals surface area contributed by atoms with E-state index in [4.69, 9.17) is 5.73 Å². The molecule has 1 atom stereocenters.